The number of aliphatic hydroxyl groups excluding tert-OH is 1. The summed E-state index contributed by atoms with van der Waals surface area (Å²) < 4.78 is 0. The lowest BCUT2D eigenvalue weighted by Crippen LogP contribution is -2.50. The minimum Gasteiger partial charge on any atom is -0.481 e. The maximum Gasteiger partial charge on any atom is 0.309 e. The van der Waals surface area contributed by atoms with Crippen LogP contribution in [0.15, 0.2) is 0 Å². The molecule has 1 spiro atoms. The van der Waals surface area contributed by atoms with Crippen LogP contribution in [0.25, 0.3) is 0 Å². The molecule has 2 N–H and O–H groups in total. The Balaban J connectivity index is 2.28. The third-order valence-electron chi connectivity index (χ3n) is 4.53. The zero-order valence-electron chi connectivity index (χ0n) is 10.2. The van der Waals surface area contributed by atoms with Crippen LogP contribution in [0.2, 0.25) is 0 Å². The Hall–Kier alpha value is -0.570. The number of hydrogen-bond acceptors (Lipinski definition) is 2. The predicted molar refractivity (Wildman–Crippen MR) is 61.0 cm³/mol. The molecule has 2 aliphatic rings. The Morgan fingerprint density at radius 3 is 2.31 bits per heavy atom. The highest BCUT2D eigenvalue weighted by molar-refractivity contribution is 5.71. The fourth-order valence-corrected chi connectivity index (χ4v) is 4.04. The van der Waals surface area contributed by atoms with Gasteiger partial charge in [-0.25, -0.2) is 0 Å². The van der Waals surface area contributed by atoms with Gasteiger partial charge in [0.05, 0.1) is 12.0 Å². The van der Waals surface area contributed by atoms with Gasteiger partial charge in [-0.2, -0.15) is 0 Å². The van der Waals surface area contributed by atoms with Crippen LogP contribution in [0.4, 0.5) is 0 Å². The van der Waals surface area contributed by atoms with Gasteiger partial charge in [0.2, 0.25) is 0 Å². The van der Waals surface area contributed by atoms with Crippen LogP contribution in [0.5, 0.6) is 0 Å². The van der Waals surface area contributed by atoms with Gasteiger partial charge in [-0.05, 0) is 36.5 Å². The van der Waals surface area contributed by atoms with E-state index in [1.807, 2.05) is 0 Å². The van der Waals surface area contributed by atoms with E-state index in [2.05, 4.69) is 13.8 Å². The predicted octanol–water partition coefficient (Wildman–Crippen LogP) is 2.43. The zero-order valence-corrected chi connectivity index (χ0v) is 10.2. The highest BCUT2D eigenvalue weighted by Crippen LogP contribution is 2.56. The van der Waals surface area contributed by atoms with Crippen LogP contribution in [0.3, 0.4) is 0 Å². The van der Waals surface area contributed by atoms with Crippen molar-refractivity contribution in [2.45, 2.75) is 58.5 Å². The summed E-state index contributed by atoms with van der Waals surface area (Å²) >= 11 is 0. The van der Waals surface area contributed by atoms with Gasteiger partial charge in [0.15, 0.2) is 0 Å². The van der Waals surface area contributed by atoms with E-state index < -0.39 is 18.0 Å². The molecule has 92 valence electrons. The van der Waals surface area contributed by atoms with E-state index in [1.54, 1.807) is 0 Å². The molecule has 2 atom stereocenters. The summed E-state index contributed by atoms with van der Waals surface area (Å²) in [5.41, 5.74) is -0.0581. The summed E-state index contributed by atoms with van der Waals surface area (Å²) in [6.45, 7) is 4.27. The second kappa shape index (κ2) is 3.73. The number of carboxylic acids is 1. The van der Waals surface area contributed by atoms with Gasteiger partial charge in [0.25, 0.3) is 0 Å². The van der Waals surface area contributed by atoms with Crippen LogP contribution >= 0.6 is 0 Å². The zero-order chi connectivity index (χ0) is 12.0. The topological polar surface area (TPSA) is 57.5 Å². The number of hydrogen-bond donors (Lipinski definition) is 2. The molecule has 3 nitrogen and oxygen atoms in total. The second-order valence-electron chi connectivity index (χ2n) is 6.50. The molecule has 2 aliphatic carbocycles. The molecule has 0 radical (unpaired) electrons. The Bertz CT molecular complexity index is 290. The van der Waals surface area contributed by atoms with Crippen LogP contribution < -0.4 is 0 Å². The Labute approximate surface area is 96.9 Å². The molecule has 0 aromatic rings. The molecule has 2 saturated carbocycles. The lowest BCUT2D eigenvalue weighted by molar-refractivity contribution is -0.160. The number of carboxylic acid groups (broad SMARTS) is 1. The van der Waals surface area contributed by atoms with Crippen molar-refractivity contribution >= 4 is 5.97 Å². The van der Waals surface area contributed by atoms with Gasteiger partial charge in [-0.1, -0.05) is 26.7 Å². The standard InChI is InChI=1S/C13H22O3/c1-12(2)7-9(11(15)16)10(14)13(8-12)5-3-4-6-13/h9-10,14H,3-8H2,1-2H3,(H,15,16). The second-order valence-corrected chi connectivity index (χ2v) is 6.50. The smallest absolute Gasteiger partial charge is 0.309 e. The molecule has 0 aliphatic heterocycles. The minimum absolute atomic E-state index is 0.0482. The lowest BCUT2D eigenvalue weighted by atomic mass is 9.57. The number of aliphatic carboxylic acids is 1. The fourth-order valence-electron chi connectivity index (χ4n) is 4.04. The SMILES string of the molecule is CC1(C)CC(C(=O)O)C(O)C2(CCCC2)C1. The summed E-state index contributed by atoms with van der Waals surface area (Å²) in [6.07, 6.45) is 5.22. The Morgan fingerprint density at radius 1 is 1.25 bits per heavy atom. The maximum atomic E-state index is 11.2. The van der Waals surface area contributed by atoms with E-state index >= 15 is 0 Å². The van der Waals surface area contributed by atoms with Gasteiger partial charge in [0.1, 0.15) is 0 Å². The number of carbonyl (C=O) groups is 1. The number of rotatable bonds is 1. The quantitative estimate of drug-likeness (QED) is 0.722. The van der Waals surface area contributed by atoms with Crippen molar-refractivity contribution in [1.82, 2.24) is 0 Å². The first kappa shape index (κ1) is 11.9. The van der Waals surface area contributed by atoms with Crippen molar-refractivity contribution in [2.75, 3.05) is 0 Å². The van der Waals surface area contributed by atoms with E-state index in [4.69, 9.17) is 0 Å². The van der Waals surface area contributed by atoms with Crippen LogP contribution in [-0.2, 0) is 4.79 Å². The highest BCUT2D eigenvalue weighted by Gasteiger charge is 2.53. The van der Waals surface area contributed by atoms with Crippen molar-refractivity contribution in [3.05, 3.63) is 0 Å². The number of aliphatic hydroxyl groups is 1. The molecule has 0 heterocycles. The van der Waals surface area contributed by atoms with Crippen molar-refractivity contribution in [3.63, 3.8) is 0 Å². The van der Waals surface area contributed by atoms with E-state index in [0.29, 0.717) is 6.42 Å². The third-order valence-corrected chi connectivity index (χ3v) is 4.53. The van der Waals surface area contributed by atoms with Crippen LogP contribution in [0, 0.1) is 16.7 Å². The van der Waals surface area contributed by atoms with E-state index in [0.717, 1.165) is 32.1 Å². The van der Waals surface area contributed by atoms with Crippen LogP contribution in [0.1, 0.15) is 52.4 Å². The summed E-state index contributed by atoms with van der Waals surface area (Å²) in [5, 5.41) is 19.6. The average molecular weight is 226 g/mol. The van der Waals surface area contributed by atoms with Crippen molar-refractivity contribution in [2.24, 2.45) is 16.7 Å². The monoisotopic (exact) mass is 226 g/mol. The van der Waals surface area contributed by atoms with Crippen molar-refractivity contribution in [1.29, 1.82) is 0 Å². The molecule has 2 rings (SSSR count). The van der Waals surface area contributed by atoms with E-state index in [9.17, 15) is 15.0 Å². The summed E-state index contributed by atoms with van der Waals surface area (Å²) in [5.74, 6) is -1.39. The van der Waals surface area contributed by atoms with Crippen molar-refractivity contribution in [3.8, 4) is 0 Å². The molecule has 0 aromatic carbocycles. The molecule has 3 heteroatoms. The van der Waals surface area contributed by atoms with Crippen LogP contribution in [-0.4, -0.2) is 22.3 Å². The van der Waals surface area contributed by atoms with Gasteiger partial charge in [0, 0.05) is 0 Å². The summed E-state index contributed by atoms with van der Waals surface area (Å²) in [6, 6.07) is 0. The van der Waals surface area contributed by atoms with Gasteiger partial charge in [-0.15, -0.1) is 0 Å². The third kappa shape index (κ3) is 1.86. The normalized spacial score (nSPS) is 36.4. The van der Waals surface area contributed by atoms with Gasteiger partial charge >= 0.3 is 5.97 Å². The van der Waals surface area contributed by atoms with Gasteiger partial charge in [-0.3, -0.25) is 4.79 Å². The molecule has 0 aromatic heterocycles. The van der Waals surface area contributed by atoms with Gasteiger partial charge < -0.3 is 10.2 Å². The molecule has 0 amide bonds. The largest absolute Gasteiger partial charge is 0.481 e. The molecule has 2 fully saturated rings. The fraction of sp³-hybridized carbons (Fsp3) is 0.923. The molecule has 2 unspecified atom stereocenters. The first-order valence-electron chi connectivity index (χ1n) is 6.27. The van der Waals surface area contributed by atoms with E-state index in [-0.39, 0.29) is 10.8 Å². The molecule has 0 bridgehead atoms. The Morgan fingerprint density at radius 2 is 1.81 bits per heavy atom. The minimum atomic E-state index is -0.827. The summed E-state index contributed by atoms with van der Waals surface area (Å²) in [7, 11) is 0. The Kier molecular flexibility index (Phi) is 2.77. The first-order chi connectivity index (χ1) is 7.36. The maximum absolute atomic E-state index is 11.2. The molecule has 0 saturated heterocycles. The van der Waals surface area contributed by atoms with Crippen molar-refractivity contribution < 1.29 is 15.0 Å². The molecule has 16 heavy (non-hydrogen) atoms. The molecular weight excluding hydrogens is 204 g/mol. The molecular formula is C13H22O3. The first-order valence-corrected chi connectivity index (χ1v) is 6.27. The summed E-state index contributed by atoms with van der Waals surface area (Å²) in [4.78, 5) is 11.2. The average Bonchev–Trinajstić information content (AvgIpc) is 2.60. The van der Waals surface area contributed by atoms with E-state index in [1.165, 1.54) is 0 Å². The lowest BCUT2D eigenvalue weighted by Gasteiger charge is -2.49. The highest BCUT2D eigenvalue weighted by atomic mass is 16.4.